The zero-order valence-electron chi connectivity index (χ0n) is 16.1. The van der Waals surface area contributed by atoms with Crippen LogP contribution in [0.3, 0.4) is 0 Å². The number of esters is 2. The highest BCUT2D eigenvalue weighted by atomic mass is 79.9. The molecule has 162 valence electrons. The molecule has 2 amide bonds. The third kappa shape index (κ3) is 3.13. The molecule has 3 heterocycles. The number of ether oxygens (including phenoxy) is 3. The second kappa shape index (κ2) is 7.24. The van der Waals surface area contributed by atoms with E-state index in [4.69, 9.17) is 14.2 Å². The number of fused-ring (bicyclic) bond motifs is 5. The first-order valence-corrected chi connectivity index (χ1v) is 9.89. The Labute approximate surface area is 183 Å². The van der Waals surface area contributed by atoms with Crippen molar-refractivity contribution < 1.29 is 38.3 Å². The summed E-state index contributed by atoms with van der Waals surface area (Å²) < 4.78 is 16.3. The minimum absolute atomic E-state index is 0.126. The third-order valence-corrected chi connectivity index (χ3v) is 6.01. The number of halogens is 1. The first-order chi connectivity index (χ1) is 14.6. The number of carbonyl (C=O) groups excluding carboxylic acids is 4. The fraction of sp³-hybridized carbons (Fsp3) is 0.368. The summed E-state index contributed by atoms with van der Waals surface area (Å²) in [4.78, 5) is 61.1. The summed E-state index contributed by atoms with van der Waals surface area (Å²) in [5, 5.41) is 11.0. The standard InChI is InChI=1S/C19H15BrN2O9/c1-8(23)29-18(30-9(2)24)19-6-5-13(31-19)14-15(19)17(26)21(16(14)25)12-4-3-10(22(27)28)7-11(12)20/h3-7,13-15,18H,1-2H3. The van der Waals surface area contributed by atoms with Crippen LogP contribution in [0.1, 0.15) is 13.8 Å². The van der Waals surface area contributed by atoms with E-state index in [0.29, 0.717) is 0 Å². The maximum atomic E-state index is 13.4. The highest BCUT2D eigenvalue weighted by Crippen LogP contribution is 2.55. The lowest BCUT2D eigenvalue weighted by Crippen LogP contribution is -2.52. The van der Waals surface area contributed by atoms with Gasteiger partial charge in [-0.15, -0.1) is 0 Å². The van der Waals surface area contributed by atoms with E-state index in [1.54, 1.807) is 6.08 Å². The Hall–Kier alpha value is -3.12. The van der Waals surface area contributed by atoms with Crippen molar-refractivity contribution in [2.45, 2.75) is 31.8 Å². The van der Waals surface area contributed by atoms with Crippen molar-refractivity contribution in [2.24, 2.45) is 11.8 Å². The molecule has 0 N–H and O–H groups in total. The SMILES string of the molecule is CC(=O)OC(OC(C)=O)C12C=CC(O1)C1C(=O)N(c3ccc([N+](=O)[O-])cc3Br)C(=O)C12. The van der Waals surface area contributed by atoms with Crippen LogP contribution in [0.5, 0.6) is 0 Å². The monoisotopic (exact) mass is 494 g/mol. The number of nitro benzene ring substituents is 1. The molecule has 0 aliphatic carbocycles. The second-order valence-corrected chi connectivity index (χ2v) is 8.11. The van der Waals surface area contributed by atoms with Gasteiger partial charge in [0.25, 0.3) is 12.0 Å². The topological polar surface area (TPSA) is 142 Å². The van der Waals surface area contributed by atoms with Crippen molar-refractivity contribution in [3.05, 3.63) is 44.9 Å². The first-order valence-electron chi connectivity index (χ1n) is 9.10. The minimum Gasteiger partial charge on any atom is -0.422 e. The molecule has 0 spiro atoms. The second-order valence-electron chi connectivity index (χ2n) is 7.25. The Kier molecular flexibility index (Phi) is 4.93. The van der Waals surface area contributed by atoms with E-state index < -0.39 is 58.5 Å². The van der Waals surface area contributed by atoms with Gasteiger partial charge in [0.05, 0.1) is 28.6 Å². The zero-order valence-corrected chi connectivity index (χ0v) is 17.7. The fourth-order valence-corrected chi connectivity index (χ4v) is 4.79. The molecule has 11 nitrogen and oxygen atoms in total. The van der Waals surface area contributed by atoms with Crippen molar-refractivity contribution in [3.8, 4) is 0 Å². The summed E-state index contributed by atoms with van der Waals surface area (Å²) in [5.41, 5.74) is -1.76. The molecule has 2 bridgehead atoms. The van der Waals surface area contributed by atoms with Crippen LogP contribution in [0, 0.1) is 22.0 Å². The van der Waals surface area contributed by atoms with Crippen molar-refractivity contribution >= 4 is 51.1 Å². The average Bonchev–Trinajstić information content (AvgIpc) is 3.32. The van der Waals surface area contributed by atoms with Crippen LogP contribution >= 0.6 is 15.9 Å². The highest BCUT2D eigenvalue weighted by Gasteiger charge is 2.72. The summed E-state index contributed by atoms with van der Waals surface area (Å²) in [6.07, 6.45) is 0.656. The average molecular weight is 495 g/mol. The predicted octanol–water partition coefficient (Wildman–Crippen LogP) is 1.62. The van der Waals surface area contributed by atoms with Crippen molar-refractivity contribution in [2.75, 3.05) is 4.90 Å². The Bertz CT molecular complexity index is 1050. The van der Waals surface area contributed by atoms with Crippen LogP contribution in [-0.2, 0) is 33.4 Å². The molecular formula is C19H15BrN2O9. The van der Waals surface area contributed by atoms with Crippen LogP contribution in [-0.4, -0.2) is 46.7 Å². The third-order valence-electron chi connectivity index (χ3n) is 5.38. The lowest BCUT2D eigenvalue weighted by molar-refractivity contribution is -0.384. The summed E-state index contributed by atoms with van der Waals surface area (Å²) in [7, 11) is 0. The number of non-ortho nitro benzene ring substituents is 1. The Balaban J connectivity index is 1.75. The van der Waals surface area contributed by atoms with Crippen LogP contribution in [0.15, 0.2) is 34.8 Å². The van der Waals surface area contributed by atoms with Gasteiger partial charge < -0.3 is 14.2 Å². The van der Waals surface area contributed by atoms with Crippen molar-refractivity contribution in [3.63, 3.8) is 0 Å². The molecule has 2 saturated heterocycles. The quantitative estimate of drug-likeness (QED) is 0.149. The van der Waals surface area contributed by atoms with Crippen LogP contribution < -0.4 is 4.90 Å². The number of nitrogens with zero attached hydrogens (tertiary/aromatic N) is 2. The lowest BCUT2D eigenvalue weighted by atomic mass is 9.76. The molecule has 1 aromatic carbocycles. The molecule has 0 saturated carbocycles. The largest absolute Gasteiger partial charge is 0.422 e. The molecule has 31 heavy (non-hydrogen) atoms. The lowest BCUT2D eigenvalue weighted by Gasteiger charge is -2.34. The smallest absolute Gasteiger partial charge is 0.305 e. The molecule has 4 rings (SSSR count). The molecule has 0 aromatic heterocycles. The van der Waals surface area contributed by atoms with Crippen molar-refractivity contribution in [1.29, 1.82) is 0 Å². The number of benzene rings is 1. The van der Waals surface area contributed by atoms with E-state index in [9.17, 15) is 29.3 Å². The summed E-state index contributed by atoms with van der Waals surface area (Å²) in [6.45, 7) is 2.22. The van der Waals surface area contributed by atoms with E-state index in [1.165, 1.54) is 24.3 Å². The van der Waals surface area contributed by atoms with Gasteiger partial charge >= 0.3 is 11.9 Å². The molecule has 4 atom stereocenters. The van der Waals surface area contributed by atoms with Gasteiger partial charge in [-0.2, -0.15) is 0 Å². The zero-order chi connectivity index (χ0) is 22.7. The van der Waals surface area contributed by atoms with Gasteiger partial charge in [0, 0.05) is 30.5 Å². The molecule has 1 aromatic rings. The van der Waals surface area contributed by atoms with E-state index in [-0.39, 0.29) is 15.8 Å². The van der Waals surface area contributed by atoms with Gasteiger partial charge in [-0.3, -0.25) is 29.3 Å². The number of hydrogen-bond donors (Lipinski definition) is 0. The molecular weight excluding hydrogens is 480 g/mol. The number of carbonyl (C=O) groups is 4. The van der Waals surface area contributed by atoms with Gasteiger partial charge in [-0.25, -0.2) is 4.90 Å². The molecule has 3 aliphatic heterocycles. The van der Waals surface area contributed by atoms with Gasteiger partial charge in [0.2, 0.25) is 11.8 Å². The Morgan fingerprint density at radius 3 is 2.42 bits per heavy atom. The summed E-state index contributed by atoms with van der Waals surface area (Å²) >= 11 is 3.18. The van der Waals surface area contributed by atoms with E-state index in [2.05, 4.69) is 15.9 Å². The number of imide groups is 1. The highest BCUT2D eigenvalue weighted by molar-refractivity contribution is 9.10. The molecule has 0 radical (unpaired) electrons. The first kappa shape index (κ1) is 21.1. The number of rotatable bonds is 5. The number of anilines is 1. The minimum atomic E-state index is -1.67. The van der Waals surface area contributed by atoms with Gasteiger partial charge in [-0.05, 0) is 28.1 Å². The van der Waals surface area contributed by atoms with Crippen molar-refractivity contribution in [1.82, 2.24) is 0 Å². The maximum absolute atomic E-state index is 13.4. The molecule has 4 unspecified atom stereocenters. The molecule has 2 fully saturated rings. The fourth-order valence-electron chi connectivity index (χ4n) is 4.24. The molecule has 3 aliphatic rings. The van der Waals surface area contributed by atoms with Crippen LogP contribution in [0.4, 0.5) is 11.4 Å². The van der Waals surface area contributed by atoms with Crippen LogP contribution in [0.2, 0.25) is 0 Å². The predicted molar refractivity (Wildman–Crippen MR) is 104 cm³/mol. The number of nitro groups is 1. The van der Waals surface area contributed by atoms with Gasteiger partial charge in [0.15, 0.2) is 5.60 Å². The van der Waals surface area contributed by atoms with E-state index in [0.717, 1.165) is 18.7 Å². The van der Waals surface area contributed by atoms with E-state index >= 15 is 0 Å². The maximum Gasteiger partial charge on any atom is 0.305 e. The number of amides is 2. The summed E-state index contributed by atoms with van der Waals surface area (Å²) in [6, 6.07) is 3.65. The summed E-state index contributed by atoms with van der Waals surface area (Å²) in [5.74, 6) is -4.84. The van der Waals surface area contributed by atoms with Gasteiger partial charge in [0.1, 0.15) is 0 Å². The number of hydrogen-bond acceptors (Lipinski definition) is 9. The van der Waals surface area contributed by atoms with Gasteiger partial charge in [-0.1, -0.05) is 6.08 Å². The van der Waals surface area contributed by atoms with E-state index in [1.807, 2.05) is 0 Å². The molecule has 12 heteroatoms. The Morgan fingerprint density at radius 2 is 1.87 bits per heavy atom. The Morgan fingerprint density at radius 1 is 1.23 bits per heavy atom. The van der Waals surface area contributed by atoms with Crippen LogP contribution in [0.25, 0.3) is 0 Å². The normalized spacial score (nSPS) is 28.3.